The predicted molar refractivity (Wildman–Crippen MR) is 87.7 cm³/mol. The second kappa shape index (κ2) is 9.15. The van der Waals surface area contributed by atoms with Gasteiger partial charge in [-0.15, -0.1) is 13.2 Å². The van der Waals surface area contributed by atoms with Crippen LogP contribution < -0.4 is 4.74 Å². The number of hydrogen-bond donors (Lipinski definition) is 0. The van der Waals surface area contributed by atoms with Crippen LogP contribution in [-0.4, -0.2) is 12.5 Å². The average Bonchev–Trinajstić information content (AvgIpc) is 2.57. The number of allylic oxidation sites excluding steroid dienone is 2. The number of alkyl halides is 5. The number of halogens is 7. The second-order valence-electron chi connectivity index (χ2n) is 6.87. The van der Waals surface area contributed by atoms with Gasteiger partial charge < -0.3 is 9.47 Å². The first kappa shape index (κ1) is 22.5. The maximum atomic E-state index is 14.0. The summed E-state index contributed by atoms with van der Waals surface area (Å²) >= 11 is 0. The Bertz CT molecular complexity index is 654. The zero-order chi connectivity index (χ0) is 20.9. The van der Waals surface area contributed by atoms with Crippen LogP contribution in [0.4, 0.5) is 30.7 Å². The molecule has 0 aliphatic heterocycles. The molecule has 0 unspecified atom stereocenters. The summed E-state index contributed by atoms with van der Waals surface area (Å²) in [6.45, 7) is 1.06. The molecule has 2 nitrogen and oxygen atoms in total. The highest BCUT2D eigenvalue weighted by Gasteiger charge is 2.36. The van der Waals surface area contributed by atoms with Gasteiger partial charge in [0, 0.05) is 6.42 Å². The molecule has 0 spiro atoms. The summed E-state index contributed by atoms with van der Waals surface area (Å²) in [7, 11) is 0. The molecule has 1 aromatic carbocycles. The van der Waals surface area contributed by atoms with Gasteiger partial charge in [-0.2, -0.15) is 8.78 Å². The van der Waals surface area contributed by atoms with Gasteiger partial charge in [-0.25, -0.2) is 8.78 Å². The molecule has 0 atom stereocenters. The lowest BCUT2D eigenvalue weighted by atomic mass is 9.80. The molecule has 1 fully saturated rings. The van der Waals surface area contributed by atoms with Gasteiger partial charge in [-0.3, -0.25) is 0 Å². The largest absolute Gasteiger partial charge is 0.573 e. The van der Waals surface area contributed by atoms with Gasteiger partial charge in [0.2, 0.25) is 5.75 Å². The Morgan fingerprint density at radius 2 is 1.57 bits per heavy atom. The SMILES string of the molecule is C/C=C/[C@H]1CC[C@H](CC(F)(F)OCc2cc(F)c(OC(F)(F)F)c(F)c2)CC1. The standard InChI is InChI=1S/C19H21F7O2/c1-2-3-12-4-6-13(7-5-12)10-18(22,23)27-11-14-8-15(20)17(16(21)9-14)28-19(24,25)26/h2-3,8-9,12-13H,4-7,10-11H2,1H3/b3-2+/t12-,13-. The van der Waals surface area contributed by atoms with Crippen molar-refractivity contribution in [3.8, 4) is 5.75 Å². The van der Waals surface area contributed by atoms with Crippen molar-refractivity contribution < 1.29 is 40.2 Å². The molecule has 9 heteroatoms. The summed E-state index contributed by atoms with van der Waals surface area (Å²) < 4.78 is 99.4. The number of rotatable bonds is 7. The van der Waals surface area contributed by atoms with Crippen molar-refractivity contribution in [2.45, 2.75) is 58.1 Å². The Morgan fingerprint density at radius 1 is 1.00 bits per heavy atom. The third-order valence-corrected chi connectivity index (χ3v) is 4.61. The second-order valence-corrected chi connectivity index (χ2v) is 6.87. The quantitative estimate of drug-likeness (QED) is 0.363. The number of benzene rings is 1. The van der Waals surface area contributed by atoms with Crippen LogP contribution in [0.1, 0.15) is 44.6 Å². The fourth-order valence-electron chi connectivity index (χ4n) is 3.35. The molecule has 1 aromatic rings. The van der Waals surface area contributed by atoms with E-state index in [4.69, 9.17) is 0 Å². The van der Waals surface area contributed by atoms with Crippen LogP contribution in [0.5, 0.6) is 5.75 Å². The van der Waals surface area contributed by atoms with Gasteiger partial charge in [0.05, 0.1) is 6.61 Å². The lowest BCUT2D eigenvalue weighted by Crippen LogP contribution is -2.27. The first-order valence-electron chi connectivity index (χ1n) is 8.87. The van der Waals surface area contributed by atoms with Crippen LogP contribution in [-0.2, 0) is 11.3 Å². The van der Waals surface area contributed by atoms with E-state index >= 15 is 0 Å². The fourth-order valence-corrected chi connectivity index (χ4v) is 3.35. The van der Waals surface area contributed by atoms with Crippen molar-refractivity contribution >= 4 is 0 Å². The Labute approximate surface area is 158 Å². The Kier molecular flexibility index (Phi) is 7.36. The fraction of sp³-hybridized carbons (Fsp3) is 0.579. The summed E-state index contributed by atoms with van der Waals surface area (Å²) in [6.07, 6.45) is -2.45. The molecule has 28 heavy (non-hydrogen) atoms. The third kappa shape index (κ3) is 7.00. The molecule has 0 heterocycles. The van der Waals surface area contributed by atoms with Gasteiger partial charge in [-0.1, -0.05) is 12.2 Å². The van der Waals surface area contributed by atoms with Crippen molar-refractivity contribution in [3.63, 3.8) is 0 Å². The number of ether oxygens (including phenoxy) is 2. The van der Waals surface area contributed by atoms with Gasteiger partial charge in [0.15, 0.2) is 11.6 Å². The Hall–Kier alpha value is -1.77. The predicted octanol–water partition coefficient (Wildman–Crippen LogP) is 6.75. The molecule has 0 saturated heterocycles. The average molecular weight is 414 g/mol. The van der Waals surface area contributed by atoms with Crippen LogP contribution >= 0.6 is 0 Å². The smallest absolute Gasteiger partial charge is 0.399 e. The van der Waals surface area contributed by atoms with Gasteiger partial charge in [0.25, 0.3) is 0 Å². The van der Waals surface area contributed by atoms with Crippen LogP contribution in [0.2, 0.25) is 0 Å². The monoisotopic (exact) mass is 414 g/mol. The molecule has 1 saturated carbocycles. The third-order valence-electron chi connectivity index (χ3n) is 4.61. The van der Waals surface area contributed by atoms with E-state index in [2.05, 4.69) is 15.5 Å². The molecule has 158 valence electrons. The molecular weight excluding hydrogens is 393 g/mol. The normalized spacial score (nSPS) is 21.3. The highest BCUT2D eigenvalue weighted by molar-refractivity contribution is 5.31. The zero-order valence-corrected chi connectivity index (χ0v) is 15.2. The summed E-state index contributed by atoms with van der Waals surface area (Å²) in [6, 6.07) is 0.949. The lowest BCUT2D eigenvalue weighted by molar-refractivity contribution is -0.276. The van der Waals surface area contributed by atoms with Crippen LogP contribution in [0.25, 0.3) is 0 Å². The summed E-state index contributed by atoms with van der Waals surface area (Å²) in [5, 5.41) is 0. The van der Waals surface area contributed by atoms with Crippen LogP contribution in [0.3, 0.4) is 0 Å². The van der Waals surface area contributed by atoms with Gasteiger partial charge in [0.1, 0.15) is 0 Å². The van der Waals surface area contributed by atoms with Gasteiger partial charge >= 0.3 is 12.5 Å². The van der Waals surface area contributed by atoms with Crippen LogP contribution in [0.15, 0.2) is 24.3 Å². The van der Waals surface area contributed by atoms with E-state index in [1.165, 1.54) is 0 Å². The van der Waals surface area contributed by atoms with E-state index < -0.39 is 42.9 Å². The molecule has 0 aromatic heterocycles. The van der Waals surface area contributed by atoms with Crippen molar-refractivity contribution in [1.82, 2.24) is 0 Å². The first-order chi connectivity index (χ1) is 13.0. The van der Waals surface area contributed by atoms with Crippen molar-refractivity contribution in [2.75, 3.05) is 0 Å². The molecule has 1 aliphatic rings. The summed E-state index contributed by atoms with van der Waals surface area (Å²) in [4.78, 5) is 0. The molecule has 0 N–H and O–H groups in total. The zero-order valence-electron chi connectivity index (χ0n) is 15.2. The minimum atomic E-state index is -5.28. The maximum Gasteiger partial charge on any atom is 0.573 e. The van der Waals surface area contributed by atoms with E-state index in [1.807, 2.05) is 13.0 Å². The maximum absolute atomic E-state index is 14.0. The Balaban J connectivity index is 1.92. The van der Waals surface area contributed by atoms with E-state index in [0.717, 1.165) is 12.8 Å². The summed E-state index contributed by atoms with van der Waals surface area (Å²) in [5.41, 5.74) is -0.360. The van der Waals surface area contributed by atoms with Crippen molar-refractivity contribution in [1.29, 1.82) is 0 Å². The van der Waals surface area contributed by atoms with Crippen molar-refractivity contribution in [3.05, 3.63) is 41.5 Å². The highest BCUT2D eigenvalue weighted by Crippen LogP contribution is 2.37. The van der Waals surface area contributed by atoms with E-state index in [0.29, 0.717) is 30.9 Å². The molecule has 1 aliphatic carbocycles. The highest BCUT2D eigenvalue weighted by atomic mass is 19.4. The lowest BCUT2D eigenvalue weighted by Gasteiger charge is -2.29. The molecule has 2 rings (SSSR count). The van der Waals surface area contributed by atoms with Crippen molar-refractivity contribution in [2.24, 2.45) is 11.8 Å². The molecular formula is C19H21F7O2. The van der Waals surface area contributed by atoms with E-state index in [9.17, 15) is 30.7 Å². The number of hydrogen-bond acceptors (Lipinski definition) is 2. The van der Waals surface area contributed by atoms with Crippen LogP contribution in [0, 0.1) is 23.5 Å². The minimum absolute atomic E-state index is 0.229. The molecule has 0 radical (unpaired) electrons. The Morgan fingerprint density at radius 3 is 2.07 bits per heavy atom. The summed E-state index contributed by atoms with van der Waals surface area (Å²) in [5.74, 6) is -4.78. The van der Waals surface area contributed by atoms with E-state index in [1.54, 1.807) is 0 Å². The molecule has 0 bridgehead atoms. The molecule has 0 amide bonds. The first-order valence-corrected chi connectivity index (χ1v) is 8.87. The van der Waals surface area contributed by atoms with E-state index in [-0.39, 0.29) is 11.5 Å². The van der Waals surface area contributed by atoms with Gasteiger partial charge in [-0.05, 0) is 62.1 Å². The topological polar surface area (TPSA) is 18.5 Å². The minimum Gasteiger partial charge on any atom is -0.399 e.